The van der Waals surface area contributed by atoms with Gasteiger partial charge in [-0.25, -0.2) is 0 Å². The van der Waals surface area contributed by atoms with Crippen molar-refractivity contribution in [3.05, 3.63) is 17.2 Å². The predicted molar refractivity (Wildman–Crippen MR) is 75.2 cm³/mol. The highest BCUT2D eigenvalue weighted by Crippen LogP contribution is 2.39. The molecule has 0 fully saturated rings. The summed E-state index contributed by atoms with van der Waals surface area (Å²) < 4.78 is 0. The fourth-order valence-electron chi connectivity index (χ4n) is 2.00. The average molecular weight is 238 g/mol. The number of hydrogen-bond donors (Lipinski definition) is 2. The van der Waals surface area contributed by atoms with Crippen molar-refractivity contribution >= 4 is 23.1 Å². The number of nitrogens with two attached hydrogens (primary N) is 2. The minimum atomic E-state index is 0.365. The van der Waals surface area contributed by atoms with E-state index in [-0.39, 0.29) is 0 Å². The Morgan fingerprint density at radius 3 is 1.94 bits per heavy atom. The summed E-state index contributed by atoms with van der Waals surface area (Å²) in [6.45, 7) is 8.60. The molecule has 0 heterocycles. The molecule has 16 heavy (non-hydrogen) atoms. The van der Waals surface area contributed by atoms with Crippen molar-refractivity contribution in [2.24, 2.45) is 0 Å². The molecule has 0 aromatic heterocycles. The van der Waals surface area contributed by atoms with E-state index in [1.807, 2.05) is 0 Å². The summed E-state index contributed by atoms with van der Waals surface area (Å²) in [5.41, 5.74) is 16.4. The van der Waals surface area contributed by atoms with Gasteiger partial charge >= 0.3 is 0 Å². The first-order valence-electron chi connectivity index (χ1n) is 5.65. The van der Waals surface area contributed by atoms with Gasteiger partial charge in [-0.3, -0.25) is 0 Å². The normalized spacial score (nSPS) is 11.4. The molecule has 0 unspecified atom stereocenters. The van der Waals surface area contributed by atoms with Gasteiger partial charge in [-0.2, -0.15) is 0 Å². The lowest BCUT2D eigenvalue weighted by atomic mass is 9.91. The van der Waals surface area contributed by atoms with Crippen LogP contribution in [0.25, 0.3) is 0 Å². The zero-order valence-electron chi connectivity index (χ0n) is 10.8. The van der Waals surface area contributed by atoms with Gasteiger partial charge in [0.1, 0.15) is 0 Å². The molecule has 0 aliphatic carbocycles. The highest BCUT2D eigenvalue weighted by molar-refractivity contribution is 7.98. The first-order chi connectivity index (χ1) is 7.40. The van der Waals surface area contributed by atoms with E-state index in [0.717, 1.165) is 21.8 Å². The Bertz CT molecular complexity index is 384. The van der Waals surface area contributed by atoms with Crippen molar-refractivity contribution in [1.29, 1.82) is 0 Å². The zero-order chi connectivity index (χ0) is 12.5. The Balaban J connectivity index is 3.51. The average Bonchev–Trinajstić information content (AvgIpc) is 2.16. The van der Waals surface area contributed by atoms with Gasteiger partial charge in [0.25, 0.3) is 0 Å². The molecule has 3 heteroatoms. The number of nitrogen functional groups attached to an aromatic ring is 2. The lowest BCUT2D eigenvalue weighted by Crippen LogP contribution is -2.08. The van der Waals surface area contributed by atoms with Gasteiger partial charge in [0.2, 0.25) is 0 Å². The van der Waals surface area contributed by atoms with Gasteiger partial charge in [-0.05, 0) is 29.7 Å². The van der Waals surface area contributed by atoms with Crippen LogP contribution in [0.15, 0.2) is 11.0 Å². The number of benzene rings is 1. The van der Waals surface area contributed by atoms with Crippen LogP contribution in [0, 0.1) is 0 Å². The van der Waals surface area contributed by atoms with Crippen LogP contribution in [0.3, 0.4) is 0 Å². The zero-order valence-corrected chi connectivity index (χ0v) is 11.6. The number of rotatable bonds is 3. The summed E-state index contributed by atoms with van der Waals surface area (Å²) in [5, 5.41) is 0. The van der Waals surface area contributed by atoms with Gasteiger partial charge in [0, 0.05) is 16.1 Å². The summed E-state index contributed by atoms with van der Waals surface area (Å²) in [5.74, 6) is 0.800. The van der Waals surface area contributed by atoms with Crippen LogP contribution < -0.4 is 11.5 Å². The minimum Gasteiger partial charge on any atom is -0.398 e. The molecule has 0 amide bonds. The lowest BCUT2D eigenvalue weighted by Gasteiger charge is -2.21. The molecule has 0 spiro atoms. The van der Waals surface area contributed by atoms with Gasteiger partial charge in [-0.1, -0.05) is 27.7 Å². The summed E-state index contributed by atoms with van der Waals surface area (Å²) in [6.07, 6.45) is 2.05. The molecule has 2 nitrogen and oxygen atoms in total. The maximum absolute atomic E-state index is 6.22. The SMILES string of the molecule is CSc1cc(C(C)C)c(N)c(C(C)C)c1N. The van der Waals surface area contributed by atoms with Gasteiger partial charge in [-0.15, -0.1) is 11.8 Å². The summed E-state index contributed by atoms with van der Waals surface area (Å²) in [6, 6.07) is 2.13. The molecule has 0 saturated carbocycles. The topological polar surface area (TPSA) is 52.0 Å². The third-order valence-electron chi connectivity index (χ3n) is 2.86. The fourth-order valence-corrected chi connectivity index (χ4v) is 2.57. The van der Waals surface area contributed by atoms with E-state index in [9.17, 15) is 0 Å². The second-order valence-electron chi connectivity index (χ2n) is 4.72. The minimum absolute atomic E-state index is 0.365. The Labute approximate surface area is 103 Å². The maximum Gasteiger partial charge on any atom is 0.0508 e. The molecule has 4 N–H and O–H groups in total. The van der Waals surface area contributed by atoms with Crippen molar-refractivity contribution in [1.82, 2.24) is 0 Å². The van der Waals surface area contributed by atoms with E-state index < -0.39 is 0 Å². The van der Waals surface area contributed by atoms with Crippen LogP contribution in [0.2, 0.25) is 0 Å². The molecule has 0 aliphatic rings. The second-order valence-corrected chi connectivity index (χ2v) is 5.57. The van der Waals surface area contributed by atoms with Crippen LogP contribution in [-0.4, -0.2) is 6.26 Å². The lowest BCUT2D eigenvalue weighted by molar-refractivity contribution is 0.836. The van der Waals surface area contributed by atoms with Crippen molar-refractivity contribution in [2.45, 2.75) is 44.4 Å². The third-order valence-corrected chi connectivity index (χ3v) is 3.64. The van der Waals surface area contributed by atoms with Crippen LogP contribution in [0.1, 0.15) is 50.7 Å². The molecule has 1 aromatic rings. The van der Waals surface area contributed by atoms with Crippen molar-refractivity contribution in [2.75, 3.05) is 17.7 Å². The smallest absolute Gasteiger partial charge is 0.0508 e. The van der Waals surface area contributed by atoms with E-state index in [2.05, 4.69) is 40.0 Å². The molecule has 0 saturated heterocycles. The molecule has 0 aliphatic heterocycles. The maximum atomic E-state index is 6.22. The van der Waals surface area contributed by atoms with E-state index in [1.54, 1.807) is 11.8 Å². The standard InChI is InChI=1S/C13H22N2S/c1-7(2)9-6-10(16-5)13(15)11(8(3)4)12(9)14/h6-8H,14-15H2,1-5H3. The summed E-state index contributed by atoms with van der Waals surface area (Å²) in [7, 11) is 0. The van der Waals surface area contributed by atoms with E-state index in [4.69, 9.17) is 11.5 Å². The Morgan fingerprint density at radius 2 is 1.56 bits per heavy atom. The predicted octanol–water partition coefficient (Wildman–Crippen LogP) is 3.82. The molecule has 1 aromatic carbocycles. The molecule has 90 valence electrons. The molecule has 0 bridgehead atoms. The van der Waals surface area contributed by atoms with Crippen LogP contribution >= 0.6 is 11.8 Å². The molecule has 1 rings (SSSR count). The second kappa shape index (κ2) is 5.00. The van der Waals surface area contributed by atoms with Crippen molar-refractivity contribution < 1.29 is 0 Å². The van der Waals surface area contributed by atoms with E-state index in [0.29, 0.717) is 11.8 Å². The van der Waals surface area contributed by atoms with Crippen LogP contribution in [0.4, 0.5) is 11.4 Å². The number of anilines is 2. The quantitative estimate of drug-likeness (QED) is 0.621. The first kappa shape index (κ1) is 13.2. The summed E-state index contributed by atoms with van der Waals surface area (Å²) >= 11 is 1.69. The molecular formula is C13H22N2S. The number of thioether (sulfide) groups is 1. The first-order valence-corrected chi connectivity index (χ1v) is 6.88. The van der Waals surface area contributed by atoms with Crippen LogP contribution in [-0.2, 0) is 0 Å². The van der Waals surface area contributed by atoms with Crippen LogP contribution in [0.5, 0.6) is 0 Å². The van der Waals surface area contributed by atoms with E-state index >= 15 is 0 Å². The Kier molecular flexibility index (Phi) is 4.14. The fraction of sp³-hybridized carbons (Fsp3) is 0.538. The molecule has 0 radical (unpaired) electrons. The van der Waals surface area contributed by atoms with E-state index in [1.165, 1.54) is 5.56 Å². The van der Waals surface area contributed by atoms with Gasteiger partial charge in [0.15, 0.2) is 0 Å². The summed E-state index contributed by atoms with van der Waals surface area (Å²) in [4.78, 5) is 1.14. The van der Waals surface area contributed by atoms with Gasteiger partial charge in [0.05, 0.1) is 5.69 Å². The largest absolute Gasteiger partial charge is 0.398 e. The molecule has 0 atom stereocenters. The Morgan fingerprint density at radius 1 is 1.00 bits per heavy atom. The van der Waals surface area contributed by atoms with Gasteiger partial charge < -0.3 is 11.5 Å². The highest BCUT2D eigenvalue weighted by Gasteiger charge is 2.17. The monoisotopic (exact) mass is 238 g/mol. The third kappa shape index (κ3) is 2.29. The van der Waals surface area contributed by atoms with Crippen molar-refractivity contribution in [3.63, 3.8) is 0 Å². The Hall–Kier alpha value is -0.830. The number of hydrogen-bond acceptors (Lipinski definition) is 3. The molecular weight excluding hydrogens is 216 g/mol. The highest BCUT2D eigenvalue weighted by atomic mass is 32.2. The van der Waals surface area contributed by atoms with Crippen molar-refractivity contribution in [3.8, 4) is 0 Å².